The third-order valence-electron chi connectivity index (χ3n) is 4.89. The highest BCUT2D eigenvalue weighted by Crippen LogP contribution is 2.33. The highest BCUT2D eigenvalue weighted by Gasteiger charge is 2.11. The molecule has 0 fully saturated rings. The van der Waals surface area contributed by atoms with Crippen molar-refractivity contribution >= 4 is 29.0 Å². The van der Waals surface area contributed by atoms with Gasteiger partial charge in [-0.2, -0.15) is 5.10 Å². The van der Waals surface area contributed by atoms with Gasteiger partial charge in [0.15, 0.2) is 0 Å². The summed E-state index contributed by atoms with van der Waals surface area (Å²) in [5.41, 5.74) is 5.22. The maximum Gasteiger partial charge on any atom is 0.0647 e. The van der Waals surface area contributed by atoms with Crippen molar-refractivity contribution in [2.75, 3.05) is 23.1 Å². The number of hydrogen-bond acceptors (Lipinski definition) is 4. The smallest absolute Gasteiger partial charge is 0.0647 e. The first-order chi connectivity index (χ1) is 15.3. The zero-order valence-corrected chi connectivity index (χ0v) is 17.3. The minimum absolute atomic E-state index is 0.0360. The molecule has 0 aliphatic heterocycles. The molecule has 0 amide bonds. The van der Waals surface area contributed by atoms with E-state index in [4.69, 9.17) is 0 Å². The highest BCUT2D eigenvalue weighted by molar-refractivity contribution is 5.83. The van der Waals surface area contributed by atoms with E-state index in [1.807, 2.05) is 72.9 Å². The summed E-state index contributed by atoms with van der Waals surface area (Å²) in [5.74, 6) is 0. The van der Waals surface area contributed by atoms with Crippen molar-refractivity contribution in [1.82, 2.24) is 0 Å². The van der Waals surface area contributed by atoms with Gasteiger partial charge in [-0.05, 0) is 54.1 Å². The second-order valence-corrected chi connectivity index (χ2v) is 7.02. The van der Waals surface area contributed by atoms with Gasteiger partial charge in [0, 0.05) is 17.1 Å². The van der Waals surface area contributed by atoms with E-state index in [-0.39, 0.29) is 6.61 Å². The van der Waals surface area contributed by atoms with Crippen LogP contribution in [0.3, 0.4) is 0 Å². The van der Waals surface area contributed by atoms with Crippen LogP contribution in [-0.4, -0.2) is 24.5 Å². The van der Waals surface area contributed by atoms with Crippen LogP contribution >= 0.6 is 0 Å². The third kappa shape index (κ3) is 5.18. The van der Waals surface area contributed by atoms with Crippen LogP contribution in [0, 0.1) is 0 Å². The van der Waals surface area contributed by atoms with Gasteiger partial charge in [0.1, 0.15) is 0 Å². The summed E-state index contributed by atoms with van der Waals surface area (Å²) in [6.07, 6.45) is 1.82. The van der Waals surface area contributed by atoms with Gasteiger partial charge in [0.25, 0.3) is 0 Å². The molecule has 0 radical (unpaired) electrons. The van der Waals surface area contributed by atoms with Gasteiger partial charge < -0.3 is 10.0 Å². The van der Waals surface area contributed by atoms with Crippen molar-refractivity contribution in [2.24, 2.45) is 5.10 Å². The van der Waals surface area contributed by atoms with E-state index in [1.165, 1.54) is 0 Å². The van der Waals surface area contributed by atoms with Crippen molar-refractivity contribution in [2.45, 2.75) is 0 Å². The van der Waals surface area contributed by atoms with Crippen LogP contribution in [0.15, 0.2) is 120 Å². The van der Waals surface area contributed by atoms with E-state index in [0.717, 1.165) is 28.3 Å². The van der Waals surface area contributed by atoms with Crippen molar-refractivity contribution < 1.29 is 5.11 Å². The second-order valence-electron chi connectivity index (χ2n) is 7.02. The Balaban J connectivity index is 1.59. The fourth-order valence-corrected chi connectivity index (χ4v) is 3.40. The lowest BCUT2D eigenvalue weighted by Gasteiger charge is -2.25. The Bertz CT molecular complexity index is 1040. The SMILES string of the molecule is OCCN(/N=C/c1ccc(N(c2ccccc2)c2ccccc2)cc1)c1ccccc1. The molecule has 4 heteroatoms. The lowest BCUT2D eigenvalue weighted by atomic mass is 10.1. The molecule has 4 aromatic carbocycles. The van der Waals surface area contributed by atoms with Gasteiger partial charge in [-0.25, -0.2) is 0 Å². The first-order valence-electron chi connectivity index (χ1n) is 10.3. The quantitative estimate of drug-likeness (QED) is 0.288. The van der Waals surface area contributed by atoms with E-state index in [9.17, 15) is 5.11 Å². The van der Waals surface area contributed by atoms with Crippen molar-refractivity contribution in [3.8, 4) is 0 Å². The van der Waals surface area contributed by atoms with Gasteiger partial charge in [-0.3, -0.25) is 5.01 Å². The Morgan fingerprint density at radius 3 is 1.52 bits per heavy atom. The predicted molar refractivity (Wildman–Crippen MR) is 130 cm³/mol. The molecule has 4 nitrogen and oxygen atoms in total. The molecule has 1 N–H and O–H groups in total. The van der Waals surface area contributed by atoms with Gasteiger partial charge in [0.2, 0.25) is 0 Å². The lowest BCUT2D eigenvalue weighted by molar-refractivity contribution is 0.302. The zero-order chi connectivity index (χ0) is 21.3. The molecule has 0 spiro atoms. The number of nitrogens with zero attached hydrogens (tertiary/aromatic N) is 3. The van der Waals surface area contributed by atoms with Crippen molar-refractivity contribution in [3.05, 3.63) is 121 Å². The Morgan fingerprint density at radius 2 is 1.03 bits per heavy atom. The number of aliphatic hydroxyl groups is 1. The molecule has 0 aliphatic carbocycles. The lowest BCUT2D eigenvalue weighted by Crippen LogP contribution is -2.20. The Labute approximate surface area is 183 Å². The molecule has 0 heterocycles. The van der Waals surface area contributed by atoms with E-state index in [0.29, 0.717) is 6.54 Å². The number of hydrazone groups is 1. The number of hydrogen-bond donors (Lipinski definition) is 1. The first-order valence-corrected chi connectivity index (χ1v) is 10.3. The summed E-state index contributed by atoms with van der Waals surface area (Å²) >= 11 is 0. The first kappa shape index (κ1) is 20.4. The molecule has 0 unspecified atom stereocenters. The Morgan fingerprint density at radius 1 is 0.581 bits per heavy atom. The largest absolute Gasteiger partial charge is 0.394 e. The standard InChI is InChI=1S/C27H25N3O/c31-21-20-29(24-10-4-1-5-11-24)28-22-23-16-18-27(19-17-23)30(25-12-6-2-7-13-25)26-14-8-3-9-15-26/h1-19,22,31H,20-21H2/b28-22+. The van der Waals surface area contributed by atoms with Crippen LogP contribution in [0.25, 0.3) is 0 Å². The maximum atomic E-state index is 9.39. The van der Waals surface area contributed by atoms with Gasteiger partial charge in [-0.15, -0.1) is 0 Å². The summed E-state index contributed by atoms with van der Waals surface area (Å²) < 4.78 is 0. The molecule has 154 valence electrons. The number of aliphatic hydroxyl groups excluding tert-OH is 1. The van der Waals surface area contributed by atoms with Gasteiger partial charge in [-0.1, -0.05) is 66.7 Å². The van der Waals surface area contributed by atoms with Crippen LogP contribution in [-0.2, 0) is 0 Å². The zero-order valence-electron chi connectivity index (χ0n) is 17.3. The van der Waals surface area contributed by atoms with E-state index >= 15 is 0 Å². The van der Waals surface area contributed by atoms with Crippen LogP contribution in [0.5, 0.6) is 0 Å². The predicted octanol–water partition coefficient (Wildman–Crippen LogP) is 5.99. The molecule has 0 bridgehead atoms. The Hall–Kier alpha value is -3.89. The Kier molecular flexibility index (Phi) is 6.73. The molecule has 4 rings (SSSR count). The van der Waals surface area contributed by atoms with E-state index in [1.54, 1.807) is 5.01 Å². The number of anilines is 4. The average molecular weight is 408 g/mol. The molecular weight excluding hydrogens is 382 g/mol. The van der Waals surface area contributed by atoms with Gasteiger partial charge >= 0.3 is 0 Å². The number of para-hydroxylation sites is 3. The van der Waals surface area contributed by atoms with E-state index in [2.05, 4.69) is 58.5 Å². The molecule has 31 heavy (non-hydrogen) atoms. The van der Waals surface area contributed by atoms with Crippen molar-refractivity contribution in [3.63, 3.8) is 0 Å². The van der Waals surface area contributed by atoms with Crippen LogP contribution in [0.4, 0.5) is 22.7 Å². The topological polar surface area (TPSA) is 39.1 Å². The summed E-state index contributed by atoms with van der Waals surface area (Å²) in [4.78, 5) is 2.23. The molecular formula is C27H25N3O. The number of rotatable bonds is 8. The fraction of sp³-hybridized carbons (Fsp3) is 0.0741. The minimum atomic E-state index is 0.0360. The molecule has 0 aromatic heterocycles. The molecule has 0 saturated carbocycles. The van der Waals surface area contributed by atoms with E-state index < -0.39 is 0 Å². The maximum absolute atomic E-state index is 9.39. The van der Waals surface area contributed by atoms with Crippen LogP contribution in [0.2, 0.25) is 0 Å². The molecule has 0 saturated heterocycles. The number of benzene rings is 4. The molecule has 4 aromatic rings. The highest BCUT2D eigenvalue weighted by atomic mass is 16.3. The van der Waals surface area contributed by atoms with Crippen LogP contribution in [0.1, 0.15) is 5.56 Å². The fourth-order valence-electron chi connectivity index (χ4n) is 3.40. The average Bonchev–Trinajstić information content (AvgIpc) is 2.85. The molecule has 0 atom stereocenters. The third-order valence-corrected chi connectivity index (χ3v) is 4.89. The summed E-state index contributed by atoms with van der Waals surface area (Å²) in [7, 11) is 0. The molecule has 0 aliphatic rings. The normalized spacial score (nSPS) is 10.9. The van der Waals surface area contributed by atoms with Crippen molar-refractivity contribution in [1.29, 1.82) is 0 Å². The second kappa shape index (κ2) is 10.2. The van der Waals surface area contributed by atoms with Crippen LogP contribution < -0.4 is 9.91 Å². The summed E-state index contributed by atoms with van der Waals surface area (Å²) in [6, 6.07) is 38.8. The minimum Gasteiger partial charge on any atom is -0.394 e. The summed E-state index contributed by atoms with van der Waals surface area (Å²) in [5, 5.41) is 15.8. The summed E-state index contributed by atoms with van der Waals surface area (Å²) in [6.45, 7) is 0.475. The monoisotopic (exact) mass is 407 g/mol. The van der Waals surface area contributed by atoms with Gasteiger partial charge in [0.05, 0.1) is 25.1 Å².